The Labute approximate surface area is 103 Å². The van der Waals surface area contributed by atoms with E-state index >= 15 is 0 Å². The quantitative estimate of drug-likeness (QED) is 0.505. The molecule has 0 rings (SSSR count). The van der Waals surface area contributed by atoms with Gasteiger partial charge in [0.1, 0.15) is 10.0 Å². The SMILES string of the molecule is CCCC(Br)OB([O])OC(Br)CCC. The molecular formula is C8H16BBr2O3. The van der Waals surface area contributed by atoms with Crippen molar-refractivity contribution in [1.82, 2.24) is 0 Å². The first-order valence-electron chi connectivity index (χ1n) is 4.85. The van der Waals surface area contributed by atoms with E-state index in [0.29, 0.717) is 0 Å². The van der Waals surface area contributed by atoms with Gasteiger partial charge in [0.05, 0.1) is 0 Å². The minimum atomic E-state index is -1.41. The highest BCUT2D eigenvalue weighted by Crippen LogP contribution is 2.14. The van der Waals surface area contributed by atoms with Crippen LogP contribution in [0.5, 0.6) is 0 Å². The van der Waals surface area contributed by atoms with Gasteiger partial charge in [0, 0.05) is 0 Å². The van der Waals surface area contributed by atoms with Gasteiger partial charge in [0.15, 0.2) is 0 Å². The van der Waals surface area contributed by atoms with Gasteiger partial charge in [-0.25, -0.2) is 5.02 Å². The minimum absolute atomic E-state index is 0.212. The van der Waals surface area contributed by atoms with Crippen LogP contribution in [-0.4, -0.2) is 17.3 Å². The lowest BCUT2D eigenvalue weighted by Gasteiger charge is -2.15. The molecule has 0 saturated heterocycles. The number of hydrogen-bond acceptors (Lipinski definition) is 2. The van der Waals surface area contributed by atoms with Crippen LogP contribution in [0.15, 0.2) is 0 Å². The molecular weight excluding hydrogens is 315 g/mol. The van der Waals surface area contributed by atoms with Crippen molar-refractivity contribution in [3.05, 3.63) is 0 Å². The van der Waals surface area contributed by atoms with Crippen molar-refractivity contribution in [3.63, 3.8) is 0 Å². The number of alkyl halides is 2. The first-order valence-corrected chi connectivity index (χ1v) is 6.68. The molecule has 1 radical (unpaired) electrons. The Morgan fingerprint density at radius 2 is 1.43 bits per heavy atom. The van der Waals surface area contributed by atoms with Crippen LogP contribution in [0.2, 0.25) is 0 Å². The van der Waals surface area contributed by atoms with Crippen LogP contribution in [0, 0.1) is 0 Å². The Morgan fingerprint density at radius 1 is 1.07 bits per heavy atom. The Balaban J connectivity index is 3.57. The van der Waals surface area contributed by atoms with Crippen LogP contribution >= 0.6 is 31.9 Å². The minimum Gasteiger partial charge on any atom is -0.372 e. The fraction of sp³-hybridized carbons (Fsp3) is 1.00. The van der Waals surface area contributed by atoms with Crippen LogP contribution in [0.25, 0.3) is 0 Å². The maximum Gasteiger partial charge on any atom is 0.668 e. The van der Waals surface area contributed by atoms with Crippen molar-refractivity contribution >= 4 is 39.2 Å². The normalized spacial score (nSPS) is 15.2. The van der Waals surface area contributed by atoms with Gasteiger partial charge >= 0.3 is 7.32 Å². The lowest BCUT2D eigenvalue weighted by atomic mass is 10.2. The van der Waals surface area contributed by atoms with Crippen molar-refractivity contribution in [2.45, 2.75) is 49.6 Å². The molecule has 0 spiro atoms. The third-order valence-electron chi connectivity index (χ3n) is 1.55. The number of rotatable bonds is 8. The molecule has 0 N–H and O–H groups in total. The molecule has 0 saturated carbocycles. The van der Waals surface area contributed by atoms with E-state index < -0.39 is 7.32 Å². The summed E-state index contributed by atoms with van der Waals surface area (Å²) in [4.78, 5) is 0. The number of halogens is 2. The van der Waals surface area contributed by atoms with E-state index in [0.717, 1.165) is 25.7 Å². The first kappa shape index (κ1) is 14.9. The van der Waals surface area contributed by atoms with Crippen LogP contribution in [0.3, 0.4) is 0 Å². The smallest absolute Gasteiger partial charge is 0.372 e. The van der Waals surface area contributed by atoms with Gasteiger partial charge in [-0.2, -0.15) is 0 Å². The summed E-state index contributed by atoms with van der Waals surface area (Å²) < 4.78 is 10.0. The second-order valence-corrected chi connectivity index (χ2v) is 5.00. The Hall–Kier alpha value is 0.905. The second-order valence-electron chi connectivity index (χ2n) is 2.96. The van der Waals surface area contributed by atoms with E-state index in [2.05, 4.69) is 31.9 Å². The van der Waals surface area contributed by atoms with Gasteiger partial charge in [-0.1, -0.05) is 58.5 Å². The van der Waals surface area contributed by atoms with Crippen LogP contribution < -0.4 is 0 Å². The Morgan fingerprint density at radius 3 is 1.71 bits per heavy atom. The third kappa shape index (κ3) is 8.23. The van der Waals surface area contributed by atoms with E-state index in [1.807, 2.05) is 13.8 Å². The zero-order valence-electron chi connectivity index (χ0n) is 8.54. The predicted molar refractivity (Wildman–Crippen MR) is 63.9 cm³/mol. The highest BCUT2D eigenvalue weighted by Gasteiger charge is 2.24. The summed E-state index contributed by atoms with van der Waals surface area (Å²) in [5.41, 5.74) is 0. The molecule has 0 amide bonds. The van der Waals surface area contributed by atoms with Crippen LogP contribution in [0.4, 0.5) is 0 Å². The zero-order chi connectivity index (χ0) is 11.0. The average Bonchev–Trinajstić information content (AvgIpc) is 2.03. The fourth-order valence-electron chi connectivity index (χ4n) is 0.863. The van der Waals surface area contributed by atoms with Gasteiger partial charge < -0.3 is 9.31 Å². The highest BCUT2D eigenvalue weighted by molar-refractivity contribution is 9.09. The molecule has 0 aliphatic rings. The molecule has 2 unspecified atom stereocenters. The standard InChI is InChI=1S/C8H16BBr2O3/c1-3-5-7(10)13-9(12)14-8(11)6-4-2/h7-8H,3-6H2,1-2H3. The summed E-state index contributed by atoms with van der Waals surface area (Å²) in [5, 5.41) is 10.8. The molecule has 83 valence electrons. The summed E-state index contributed by atoms with van der Waals surface area (Å²) in [6.07, 6.45) is 3.55. The molecule has 14 heavy (non-hydrogen) atoms. The Kier molecular flexibility index (Phi) is 9.75. The van der Waals surface area contributed by atoms with Crippen molar-refractivity contribution < 1.29 is 14.3 Å². The van der Waals surface area contributed by atoms with Gasteiger partial charge in [0.25, 0.3) is 0 Å². The first-order chi connectivity index (χ1) is 6.60. The van der Waals surface area contributed by atoms with E-state index in [1.54, 1.807) is 0 Å². The maximum absolute atomic E-state index is 11.2. The molecule has 0 aromatic carbocycles. The fourth-order valence-corrected chi connectivity index (χ4v) is 2.13. The van der Waals surface area contributed by atoms with Gasteiger partial charge in [-0.3, -0.25) is 0 Å². The van der Waals surface area contributed by atoms with Gasteiger partial charge in [-0.05, 0) is 12.8 Å². The van der Waals surface area contributed by atoms with E-state index in [-0.39, 0.29) is 10.0 Å². The Bertz CT molecular complexity index is 126. The molecule has 0 bridgehead atoms. The molecule has 2 atom stereocenters. The third-order valence-corrected chi connectivity index (χ3v) is 2.90. The topological polar surface area (TPSA) is 38.4 Å². The van der Waals surface area contributed by atoms with Crippen LogP contribution in [0.1, 0.15) is 39.5 Å². The summed E-state index contributed by atoms with van der Waals surface area (Å²) in [7, 11) is -1.41. The molecule has 0 aliphatic heterocycles. The zero-order valence-corrected chi connectivity index (χ0v) is 11.7. The lowest BCUT2D eigenvalue weighted by molar-refractivity contribution is 0.0885. The average molecular weight is 331 g/mol. The monoisotopic (exact) mass is 329 g/mol. The largest absolute Gasteiger partial charge is 0.668 e. The molecule has 3 nitrogen and oxygen atoms in total. The molecule has 0 aromatic heterocycles. The molecule has 0 fully saturated rings. The van der Waals surface area contributed by atoms with Gasteiger partial charge in [-0.15, -0.1) is 0 Å². The van der Waals surface area contributed by atoms with Crippen molar-refractivity contribution in [2.24, 2.45) is 0 Å². The molecule has 0 heterocycles. The maximum atomic E-state index is 11.2. The number of hydrogen-bond donors (Lipinski definition) is 0. The summed E-state index contributed by atoms with van der Waals surface area (Å²) in [5.74, 6) is 0. The van der Waals surface area contributed by atoms with Crippen molar-refractivity contribution in [1.29, 1.82) is 0 Å². The van der Waals surface area contributed by atoms with Crippen LogP contribution in [-0.2, 0) is 14.3 Å². The summed E-state index contributed by atoms with van der Waals surface area (Å²) in [6.45, 7) is 4.06. The van der Waals surface area contributed by atoms with E-state index in [1.165, 1.54) is 0 Å². The lowest BCUT2D eigenvalue weighted by Crippen LogP contribution is -2.28. The van der Waals surface area contributed by atoms with E-state index in [9.17, 15) is 5.02 Å². The van der Waals surface area contributed by atoms with Gasteiger partial charge in [0.2, 0.25) is 0 Å². The van der Waals surface area contributed by atoms with Crippen molar-refractivity contribution in [3.8, 4) is 0 Å². The molecule has 0 aliphatic carbocycles. The molecule has 0 aromatic rings. The highest BCUT2D eigenvalue weighted by atomic mass is 79.9. The molecule has 6 heteroatoms. The summed E-state index contributed by atoms with van der Waals surface area (Å²) in [6, 6.07) is 0. The van der Waals surface area contributed by atoms with E-state index in [4.69, 9.17) is 9.31 Å². The predicted octanol–water partition coefficient (Wildman–Crippen LogP) is 3.48. The van der Waals surface area contributed by atoms with Crippen molar-refractivity contribution in [2.75, 3.05) is 0 Å². The summed E-state index contributed by atoms with van der Waals surface area (Å²) >= 11 is 6.50. The second kappa shape index (κ2) is 9.15.